The molecule has 0 aromatic carbocycles. The Bertz CT molecular complexity index is 312. The number of hydrogen-bond donors (Lipinski definition) is 1. The number of nitrogens with one attached hydrogen (secondary N) is 1. The van der Waals surface area contributed by atoms with Crippen LogP contribution in [0.4, 0.5) is 11.8 Å². The van der Waals surface area contributed by atoms with Crippen molar-refractivity contribution < 1.29 is 0 Å². The lowest BCUT2D eigenvalue weighted by Crippen LogP contribution is -2.24. The molecule has 84 valence electrons. The molecule has 0 saturated heterocycles. The summed E-state index contributed by atoms with van der Waals surface area (Å²) in [5.41, 5.74) is 0. The minimum absolute atomic E-state index is 0.683. The van der Waals surface area contributed by atoms with Gasteiger partial charge in [-0.15, -0.1) is 0 Å². The van der Waals surface area contributed by atoms with Gasteiger partial charge in [0.2, 0.25) is 5.95 Å². The molecule has 4 nitrogen and oxygen atoms in total. The van der Waals surface area contributed by atoms with Gasteiger partial charge in [-0.1, -0.05) is 0 Å². The van der Waals surface area contributed by atoms with Crippen molar-refractivity contribution in [3.63, 3.8) is 0 Å². The zero-order valence-corrected chi connectivity index (χ0v) is 11.0. The molecule has 0 aliphatic carbocycles. The molecule has 0 radical (unpaired) electrons. The molecule has 0 spiro atoms. The molecule has 1 heterocycles. The summed E-state index contributed by atoms with van der Waals surface area (Å²) in [7, 11) is 0. The molecule has 0 aliphatic rings. The van der Waals surface area contributed by atoms with Gasteiger partial charge in [0.25, 0.3) is 0 Å². The van der Waals surface area contributed by atoms with Gasteiger partial charge in [0.05, 0.1) is 4.47 Å². The predicted octanol–water partition coefficient (Wildman–Crippen LogP) is 2.52. The van der Waals surface area contributed by atoms with E-state index in [-0.39, 0.29) is 0 Å². The van der Waals surface area contributed by atoms with E-state index in [1.165, 1.54) is 0 Å². The highest BCUT2D eigenvalue weighted by atomic mass is 79.9. The summed E-state index contributed by atoms with van der Waals surface area (Å²) in [5.74, 6) is 1.63. The number of hydrogen-bond acceptors (Lipinski definition) is 4. The van der Waals surface area contributed by atoms with E-state index in [1.807, 2.05) is 6.92 Å². The minimum Gasteiger partial charge on any atom is -0.356 e. The van der Waals surface area contributed by atoms with Crippen LogP contribution >= 0.6 is 15.9 Å². The van der Waals surface area contributed by atoms with Crippen molar-refractivity contribution in [3.05, 3.63) is 10.7 Å². The maximum Gasteiger partial charge on any atom is 0.224 e. The first kappa shape index (κ1) is 12.2. The van der Waals surface area contributed by atoms with Crippen LogP contribution in [0.1, 0.15) is 20.8 Å². The van der Waals surface area contributed by atoms with E-state index < -0.39 is 0 Å². The van der Waals surface area contributed by atoms with Crippen LogP contribution in [-0.2, 0) is 0 Å². The topological polar surface area (TPSA) is 41.1 Å². The summed E-state index contributed by atoms with van der Waals surface area (Å²) in [6, 6.07) is 0. The zero-order chi connectivity index (χ0) is 11.3. The van der Waals surface area contributed by atoms with Crippen LogP contribution in [0.3, 0.4) is 0 Å². The normalized spacial score (nSPS) is 10.1. The highest BCUT2D eigenvalue weighted by molar-refractivity contribution is 9.10. The van der Waals surface area contributed by atoms with Gasteiger partial charge in [-0.3, -0.25) is 0 Å². The molecule has 1 aromatic rings. The molecule has 1 rings (SSSR count). The molecular formula is C10H17BrN4. The molecule has 0 fully saturated rings. The second-order valence-corrected chi connectivity index (χ2v) is 3.92. The van der Waals surface area contributed by atoms with Gasteiger partial charge in [0, 0.05) is 25.8 Å². The fourth-order valence-corrected chi connectivity index (χ4v) is 1.79. The highest BCUT2D eigenvalue weighted by Crippen LogP contribution is 2.23. The fourth-order valence-electron chi connectivity index (χ4n) is 1.35. The first-order valence-corrected chi connectivity index (χ1v) is 6.03. The Balaban J connectivity index is 2.98. The maximum absolute atomic E-state index is 4.46. The Labute approximate surface area is 99.2 Å². The molecule has 0 bridgehead atoms. The molecular weight excluding hydrogens is 256 g/mol. The number of rotatable bonds is 5. The Morgan fingerprint density at radius 2 is 2.00 bits per heavy atom. The molecule has 0 atom stereocenters. The second kappa shape index (κ2) is 5.90. The van der Waals surface area contributed by atoms with Gasteiger partial charge in [0.1, 0.15) is 5.82 Å². The summed E-state index contributed by atoms with van der Waals surface area (Å²) in [6.07, 6.45) is 1.79. The number of nitrogens with zero attached hydrogens (tertiary/aromatic N) is 3. The first-order valence-electron chi connectivity index (χ1n) is 5.24. The van der Waals surface area contributed by atoms with Crippen LogP contribution in [0.2, 0.25) is 0 Å². The molecule has 0 amide bonds. The molecule has 1 N–H and O–H groups in total. The van der Waals surface area contributed by atoms with E-state index in [2.05, 4.69) is 50.0 Å². The van der Waals surface area contributed by atoms with Crippen LogP contribution in [0, 0.1) is 0 Å². The third-order valence-electron chi connectivity index (χ3n) is 2.12. The van der Waals surface area contributed by atoms with E-state index in [9.17, 15) is 0 Å². The first-order chi connectivity index (χ1) is 7.22. The van der Waals surface area contributed by atoms with Gasteiger partial charge in [-0.05, 0) is 36.7 Å². The fraction of sp³-hybridized carbons (Fsp3) is 0.600. The lowest BCUT2D eigenvalue weighted by Gasteiger charge is -2.21. The lowest BCUT2D eigenvalue weighted by atomic mass is 10.4. The Kier molecular flexibility index (Phi) is 4.81. The van der Waals surface area contributed by atoms with E-state index in [4.69, 9.17) is 0 Å². The third-order valence-corrected chi connectivity index (χ3v) is 2.68. The van der Waals surface area contributed by atoms with Gasteiger partial charge in [-0.2, -0.15) is 4.98 Å². The van der Waals surface area contributed by atoms with Gasteiger partial charge in [-0.25, -0.2) is 4.98 Å². The second-order valence-electron chi connectivity index (χ2n) is 3.07. The Morgan fingerprint density at radius 3 is 2.53 bits per heavy atom. The van der Waals surface area contributed by atoms with Crippen molar-refractivity contribution in [2.75, 3.05) is 29.9 Å². The quantitative estimate of drug-likeness (QED) is 0.895. The van der Waals surface area contributed by atoms with Crippen LogP contribution in [0.5, 0.6) is 0 Å². The van der Waals surface area contributed by atoms with Crippen molar-refractivity contribution in [2.24, 2.45) is 0 Å². The summed E-state index contributed by atoms with van der Waals surface area (Å²) < 4.78 is 0.938. The maximum atomic E-state index is 4.46. The standard InChI is InChI=1S/C10H17BrN4/c1-4-12-10-13-7-8(11)9(14-10)15(5-2)6-3/h7H,4-6H2,1-3H3,(H,12,13,14). The smallest absolute Gasteiger partial charge is 0.224 e. The van der Waals surface area contributed by atoms with Gasteiger partial charge < -0.3 is 10.2 Å². The molecule has 0 saturated carbocycles. The van der Waals surface area contributed by atoms with Crippen LogP contribution < -0.4 is 10.2 Å². The van der Waals surface area contributed by atoms with Crippen molar-refractivity contribution in [1.82, 2.24) is 9.97 Å². The van der Waals surface area contributed by atoms with E-state index in [0.29, 0.717) is 5.95 Å². The number of anilines is 2. The van der Waals surface area contributed by atoms with Crippen LogP contribution in [0.15, 0.2) is 10.7 Å². The third kappa shape index (κ3) is 3.06. The lowest BCUT2D eigenvalue weighted by molar-refractivity contribution is 0.837. The predicted molar refractivity (Wildman–Crippen MR) is 67.5 cm³/mol. The molecule has 15 heavy (non-hydrogen) atoms. The SMILES string of the molecule is CCNc1ncc(Br)c(N(CC)CC)n1. The molecule has 1 aromatic heterocycles. The van der Waals surface area contributed by atoms with Crippen molar-refractivity contribution in [1.29, 1.82) is 0 Å². The summed E-state index contributed by atoms with van der Waals surface area (Å²) in [5, 5.41) is 3.11. The van der Waals surface area contributed by atoms with Crippen LogP contribution in [0.25, 0.3) is 0 Å². The summed E-state index contributed by atoms with van der Waals surface area (Å²) >= 11 is 3.47. The largest absolute Gasteiger partial charge is 0.356 e. The minimum atomic E-state index is 0.683. The van der Waals surface area contributed by atoms with Crippen molar-refractivity contribution in [3.8, 4) is 0 Å². The molecule has 5 heteroatoms. The highest BCUT2D eigenvalue weighted by Gasteiger charge is 2.09. The van der Waals surface area contributed by atoms with Crippen LogP contribution in [-0.4, -0.2) is 29.6 Å². The van der Waals surface area contributed by atoms with Gasteiger partial charge in [0.15, 0.2) is 0 Å². The van der Waals surface area contributed by atoms with E-state index in [1.54, 1.807) is 6.20 Å². The van der Waals surface area contributed by atoms with Crippen molar-refractivity contribution >= 4 is 27.7 Å². The average Bonchev–Trinajstić information content (AvgIpc) is 2.24. The Morgan fingerprint density at radius 1 is 1.33 bits per heavy atom. The van der Waals surface area contributed by atoms with Gasteiger partial charge >= 0.3 is 0 Å². The monoisotopic (exact) mass is 272 g/mol. The number of halogens is 1. The summed E-state index contributed by atoms with van der Waals surface area (Å²) in [4.78, 5) is 10.8. The zero-order valence-electron chi connectivity index (χ0n) is 9.42. The number of aromatic nitrogens is 2. The molecule has 0 aliphatic heterocycles. The van der Waals surface area contributed by atoms with E-state index >= 15 is 0 Å². The molecule has 0 unspecified atom stereocenters. The van der Waals surface area contributed by atoms with Crippen molar-refractivity contribution in [2.45, 2.75) is 20.8 Å². The van der Waals surface area contributed by atoms with E-state index in [0.717, 1.165) is 29.9 Å². The average molecular weight is 273 g/mol. The summed E-state index contributed by atoms with van der Waals surface area (Å²) in [6.45, 7) is 8.98. The Hall–Kier alpha value is -0.840.